The van der Waals surface area contributed by atoms with Crippen LogP contribution in [0.25, 0.3) is 16.5 Å². The third-order valence-corrected chi connectivity index (χ3v) is 8.15. The van der Waals surface area contributed by atoms with Crippen LogP contribution < -0.4 is 25.4 Å². The number of methoxy groups -OCH3 is 1. The molecule has 0 spiro atoms. The topological polar surface area (TPSA) is 128 Å². The Kier molecular flexibility index (Phi) is 9.17. The second-order valence-electron chi connectivity index (χ2n) is 12.9. The predicted molar refractivity (Wildman–Crippen MR) is 194 cm³/mol. The van der Waals surface area contributed by atoms with Gasteiger partial charge in [0.05, 0.1) is 41.8 Å². The Balaban J connectivity index is 1.19. The lowest BCUT2D eigenvalue weighted by Gasteiger charge is -2.15. The number of benzene rings is 3. The lowest BCUT2D eigenvalue weighted by atomic mass is 9.92. The maximum atomic E-state index is 13.5. The second-order valence-corrected chi connectivity index (χ2v) is 12.9. The molecule has 0 radical (unpaired) electrons. The number of urea groups is 1. The van der Waals surface area contributed by atoms with E-state index in [-0.39, 0.29) is 5.41 Å². The van der Waals surface area contributed by atoms with E-state index in [0.29, 0.717) is 35.5 Å². The first-order valence-corrected chi connectivity index (χ1v) is 16.0. The number of amides is 2. The van der Waals surface area contributed by atoms with Crippen LogP contribution >= 0.6 is 0 Å². The molecule has 6 rings (SSSR count). The highest BCUT2D eigenvalue weighted by Crippen LogP contribution is 2.33. The summed E-state index contributed by atoms with van der Waals surface area (Å²) < 4.78 is 13.6. The molecule has 0 bridgehead atoms. The lowest BCUT2D eigenvalue weighted by Crippen LogP contribution is -2.21. The van der Waals surface area contributed by atoms with Gasteiger partial charge in [0.15, 0.2) is 0 Å². The summed E-state index contributed by atoms with van der Waals surface area (Å²) in [6, 6.07) is 22.7. The molecule has 0 saturated carbocycles. The summed E-state index contributed by atoms with van der Waals surface area (Å²) in [5, 5.41) is 15.8. The number of carbonyl (C=O) groups excluding carboxylic acids is 1. The Bertz CT molecular complexity index is 2150. The molecule has 0 aliphatic rings. The number of ether oxygens (including phenoxy) is 2. The highest BCUT2D eigenvalue weighted by Gasteiger charge is 2.22. The average molecular weight is 657 g/mol. The van der Waals surface area contributed by atoms with Gasteiger partial charge in [0.2, 0.25) is 0 Å². The predicted octanol–water partition coefficient (Wildman–Crippen LogP) is 8.41. The summed E-state index contributed by atoms with van der Waals surface area (Å²) in [5.41, 5.74) is 5.70. The van der Waals surface area contributed by atoms with Crippen LogP contribution in [0.4, 0.5) is 27.9 Å². The highest BCUT2D eigenvalue weighted by atomic mass is 16.5. The minimum atomic E-state index is -0.398. The third-order valence-electron chi connectivity index (χ3n) is 8.15. The monoisotopic (exact) mass is 656 g/mol. The van der Waals surface area contributed by atoms with E-state index < -0.39 is 6.03 Å². The molecule has 0 unspecified atom stereocenters. The van der Waals surface area contributed by atoms with E-state index in [4.69, 9.17) is 14.6 Å². The second kappa shape index (κ2) is 13.6. The maximum Gasteiger partial charge on any atom is 0.324 e. The van der Waals surface area contributed by atoms with Crippen molar-refractivity contribution >= 4 is 39.9 Å². The summed E-state index contributed by atoms with van der Waals surface area (Å²) in [6.45, 7) is 12.4. The Hall–Kier alpha value is -5.97. The van der Waals surface area contributed by atoms with Crippen molar-refractivity contribution < 1.29 is 14.3 Å². The summed E-state index contributed by atoms with van der Waals surface area (Å²) >= 11 is 0. The molecule has 11 nitrogen and oxygen atoms in total. The van der Waals surface area contributed by atoms with Crippen LogP contribution in [0.2, 0.25) is 0 Å². The summed E-state index contributed by atoms with van der Waals surface area (Å²) in [6.07, 6.45) is 3.42. The molecule has 2 amide bonds. The van der Waals surface area contributed by atoms with Crippen molar-refractivity contribution in [2.24, 2.45) is 0 Å². The van der Waals surface area contributed by atoms with Gasteiger partial charge >= 0.3 is 6.03 Å². The van der Waals surface area contributed by atoms with E-state index in [1.807, 2.05) is 93.6 Å². The van der Waals surface area contributed by atoms with Crippen LogP contribution in [0.1, 0.15) is 49.0 Å². The van der Waals surface area contributed by atoms with Gasteiger partial charge in [0.25, 0.3) is 0 Å². The zero-order valence-corrected chi connectivity index (χ0v) is 28.8. The number of hydrogen-bond donors (Lipinski definition) is 3. The number of pyridine rings is 1. The standard InChI is InChI=1S/C38H40N8O3/c1-23-12-13-27(19-32(23)48-7)46-36(20-33(45-46)38(4,5)6)44-37(47)42-30-14-15-31(29-11-9-8-10-28(29)30)49-22-26-16-17-39-34(18-26)43-35-21-40-24(2)25(3)41-35/h8-21H,22H2,1-7H3,(H,39,41,43)(H2,42,44,47). The first-order chi connectivity index (χ1) is 23.5. The smallest absolute Gasteiger partial charge is 0.324 e. The Morgan fingerprint density at radius 3 is 2.39 bits per heavy atom. The van der Waals surface area contributed by atoms with Crippen LogP contribution in [0.15, 0.2) is 85.2 Å². The zero-order chi connectivity index (χ0) is 34.7. The zero-order valence-electron chi connectivity index (χ0n) is 28.8. The molecule has 250 valence electrons. The molecule has 6 aromatic rings. The molecule has 49 heavy (non-hydrogen) atoms. The number of aromatic nitrogens is 5. The van der Waals surface area contributed by atoms with Gasteiger partial charge in [0, 0.05) is 34.5 Å². The number of hydrogen-bond acceptors (Lipinski definition) is 8. The van der Waals surface area contributed by atoms with Crippen LogP contribution in [-0.2, 0) is 12.0 Å². The minimum absolute atomic E-state index is 0.234. The summed E-state index contributed by atoms with van der Waals surface area (Å²) in [5.74, 6) is 3.23. The number of fused-ring (bicyclic) bond motifs is 1. The largest absolute Gasteiger partial charge is 0.496 e. The van der Waals surface area contributed by atoms with E-state index in [1.165, 1.54) is 0 Å². The quantitative estimate of drug-likeness (QED) is 0.142. The van der Waals surface area contributed by atoms with Gasteiger partial charge < -0.3 is 20.1 Å². The fourth-order valence-corrected chi connectivity index (χ4v) is 5.28. The Morgan fingerprint density at radius 2 is 1.63 bits per heavy atom. The molecule has 0 aliphatic heterocycles. The number of anilines is 4. The van der Waals surface area contributed by atoms with Crippen LogP contribution in [0.5, 0.6) is 11.5 Å². The van der Waals surface area contributed by atoms with Crippen LogP contribution in [0.3, 0.4) is 0 Å². The molecule has 3 aromatic heterocycles. The van der Waals surface area contributed by atoms with Crippen molar-refractivity contribution in [2.45, 2.75) is 53.6 Å². The first-order valence-electron chi connectivity index (χ1n) is 16.0. The molecule has 0 fully saturated rings. The number of nitrogens with zero attached hydrogens (tertiary/aromatic N) is 5. The van der Waals surface area contributed by atoms with Gasteiger partial charge in [0.1, 0.15) is 35.6 Å². The van der Waals surface area contributed by atoms with Gasteiger partial charge in [-0.25, -0.2) is 19.4 Å². The van der Waals surface area contributed by atoms with Gasteiger partial charge in [-0.05, 0) is 62.2 Å². The van der Waals surface area contributed by atoms with Crippen molar-refractivity contribution in [3.63, 3.8) is 0 Å². The normalized spacial score (nSPS) is 11.3. The summed E-state index contributed by atoms with van der Waals surface area (Å²) in [7, 11) is 1.64. The highest BCUT2D eigenvalue weighted by molar-refractivity contribution is 6.07. The minimum Gasteiger partial charge on any atom is -0.496 e. The van der Waals surface area contributed by atoms with E-state index in [9.17, 15) is 4.79 Å². The van der Waals surface area contributed by atoms with Crippen LogP contribution in [-0.4, -0.2) is 37.9 Å². The number of nitrogens with one attached hydrogen (secondary N) is 3. The van der Waals surface area contributed by atoms with Gasteiger partial charge in [-0.3, -0.25) is 10.3 Å². The van der Waals surface area contributed by atoms with E-state index in [2.05, 4.69) is 51.7 Å². The average Bonchev–Trinajstić information content (AvgIpc) is 3.51. The third kappa shape index (κ3) is 7.46. The fourth-order valence-electron chi connectivity index (χ4n) is 5.28. The number of aryl methyl sites for hydroxylation is 3. The molecule has 0 atom stereocenters. The fraction of sp³-hybridized carbons (Fsp3) is 0.237. The first kappa shape index (κ1) is 33.0. The molecule has 3 heterocycles. The molecular formula is C38H40N8O3. The van der Waals surface area contributed by atoms with E-state index in [1.54, 1.807) is 24.2 Å². The molecule has 3 aromatic carbocycles. The molecular weight excluding hydrogens is 616 g/mol. The molecule has 3 N–H and O–H groups in total. The van der Waals surface area contributed by atoms with Crippen molar-refractivity contribution in [3.05, 3.63) is 113 Å². The van der Waals surface area contributed by atoms with Crippen molar-refractivity contribution in [1.29, 1.82) is 0 Å². The van der Waals surface area contributed by atoms with Crippen molar-refractivity contribution in [3.8, 4) is 17.2 Å². The van der Waals surface area contributed by atoms with E-state index >= 15 is 0 Å². The van der Waals surface area contributed by atoms with Gasteiger partial charge in [-0.2, -0.15) is 5.10 Å². The SMILES string of the molecule is COc1cc(-n2nc(C(C)(C)C)cc2NC(=O)Nc2ccc(OCc3ccnc(Nc4cnc(C)c(C)n4)c3)c3ccccc23)ccc1C. The van der Waals surface area contributed by atoms with Crippen molar-refractivity contribution in [1.82, 2.24) is 24.7 Å². The maximum absolute atomic E-state index is 13.5. The number of rotatable bonds is 9. The Morgan fingerprint density at radius 1 is 0.837 bits per heavy atom. The van der Waals surface area contributed by atoms with Gasteiger partial charge in [-0.1, -0.05) is 51.1 Å². The lowest BCUT2D eigenvalue weighted by molar-refractivity contribution is 0.262. The summed E-state index contributed by atoms with van der Waals surface area (Å²) in [4.78, 5) is 26.8. The van der Waals surface area contributed by atoms with Crippen molar-refractivity contribution in [2.75, 3.05) is 23.1 Å². The number of carbonyl (C=O) groups is 1. The van der Waals surface area contributed by atoms with Gasteiger partial charge in [-0.15, -0.1) is 0 Å². The Labute approximate surface area is 285 Å². The molecule has 0 aliphatic carbocycles. The van der Waals surface area contributed by atoms with Crippen LogP contribution in [0, 0.1) is 20.8 Å². The molecule has 0 saturated heterocycles. The molecule has 11 heteroatoms. The van der Waals surface area contributed by atoms with E-state index in [0.717, 1.165) is 50.4 Å².